The highest BCUT2D eigenvalue weighted by molar-refractivity contribution is 5.88. The van der Waals surface area contributed by atoms with Crippen molar-refractivity contribution in [3.05, 3.63) is 59.7 Å². The van der Waals surface area contributed by atoms with Gasteiger partial charge in [0.15, 0.2) is 0 Å². The molecule has 3 aliphatic rings. The highest BCUT2D eigenvalue weighted by Crippen LogP contribution is 2.33. The summed E-state index contributed by atoms with van der Waals surface area (Å²) in [7, 11) is 3.15. The van der Waals surface area contributed by atoms with Gasteiger partial charge in [-0.25, -0.2) is 4.79 Å². The van der Waals surface area contributed by atoms with Gasteiger partial charge >= 0.3 is 18.3 Å². The van der Waals surface area contributed by atoms with Gasteiger partial charge in [-0.2, -0.15) is 26.3 Å². The summed E-state index contributed by atoms with van der Waals surface area (Å²) >= 11 is 0. The molecule has 3 fully saturated rings. The number of amides is 3. The molecule has 1 N–H and O–H groups in total. The number of benzene rings is 2. The number of nitrogens with zero attached hydrogens (tertiary/aromatic N) is 5. The molecule has 51 heavy (non-hydrogen) atoms. The summed E-state index contributed by atoms with van der Waals surface area (Å²) in [5.74, 6) is -1.12. The number of halogens is 6. The van der Waals surface area contributed by atoms with Crippen LogP contribution in [-0.4, -0.2) is 122 Å². The number of rotatable bonds is 7. The summed E-state index contributed by atoms with van der Waals surface area (Å²) in [5.41, 5.74) is -0.647. The molecule has 2 aromatic rings. The number of aliphatic hydroxyl groups excluding tert-OH is 1. The fraction of sp³-hybridized carbons (Fsp3) is 0.529. The quantitative estimate of drug-likeness (QED) is 0.340. The zero-order valence-corrected chi connectivity index (χ0v) is 28.3. The van der Waals surface area contributed by atoms with Crippen LogP contribution in [0.5, 0.6) is 0 Å². The Kier molecular flexibility index (Phi) is 12.8. The molecular formula is C34H41F6N5O6. The minimum Gasteiger partial charge on any atom is -0.464 e. The second-order valence-corrected chi connectivity index (χ2v) is 12.5. The van der Waals surface area contributed by atoms with Gasteiger partial charge in [-0.15, -0.1) is 0 Å². The Morgan fingerprint density at radius 1 is 0.824 bits per heavy atom. The summed E-state index contributed by atoms with van der Waals surface area (Å²) in [4.78, 5) is 56.6. The van der Waals surface area contributed by atoms with E-state index in [1.165, 1.54) is 26.8 Å². The average Bonchev–Trinajstić information content (AvgIpc) is 3.28. The molecule has 280 valence electrons. The Bertz CT molecular complexity index is 1550. The van der Waals surface area contributed by atoms with Crippen LogP contribution in [-0.2, 0) is 36.3 Å². The normalized spacial score (nSPS) is 19.5. The second-order valence-electron chi connectivity index (χ2n) is 12.5. The van der Waals surface area contributed by atoms with Crippen LogP contribution < -0.4 is 9.80 Å². The van der Waals surface area contributed by atoms with Crippen LogP contribution in [0, 0.1) is 0 Å². The smallest absolute Gasteiger partial charge is 0.416 e. The van der Waals surface area contributed by atoms with E-state index in [1.54, 1.807) is 36.0 Å². The SMILES string of the molecule is CN(C)C(=O)C(CCO)N1CCN(c2cccc(C(F)(F)F)c2)CCC1=O.O=C1OCCC1N1CCN(c2cccc(C(F)(F)F)c2)CCC1=O. The third-order valence-corrected chi connectivity index (χ3v) is 8.92. The van der Waals surface area contributed by atoms with Crippen molar-refractivity contribution in [2.75, 3.05) is 76.4 Å². The van der Waals surface area contributed by atoms with Gasteiger partial charge in [-0.05, 0) is 42.8 Å². The molecule has 0 spiro atoms. The number of cyclic esters (lactones) is 1. The maximum absolute atomic E-state index is 12.9. The molecule has 3 aliphatic heterocycles. The van der Waals surface area contributed by atoms with Crippen LogP contribution in [0.1, 0.15) is 36.8 Å². The predicted molar refractivity (Wildman–Crippen MR) is 174 cm³/mol. The van der Waals surface area contributed by atoms with Gasteiger partial charge in [0.05, 0.1) is 17.7 Å². The fourth-order valence-corrected chi connectivity index (χ4v) is 6.21. The number of esters is 1. The van der Waals surface area contributed by atoms with Crippen molar-refractivity contribution in [1.29, 1.82) is 0 Å². The van der Waals surface area contributed by atoms with Crippen LogP contribution in [0.4, 0.5) is 37.7 Å². The number of hydrogen-bond donors (Lipinski definition) is 1. The molecule has 0 bridgehead atoms. The van der Waals surface area contributed by atoms with E-state index in [4.69, 9.17) is 4.74 Å². The number of carbonyl (C=O) groups excluding carboxylic acids is 4. The van der Waals surface area contributed by atoms with Crippen molar-refractivity contribution < 1.29 is 55.4 Å². The molecule has 17 heteroatoms. The van der Waals surface area contributed by atoms with E-state index in [0.717, 1.165) is 24.3 Å². The van der Waals surface area contributed by atoms with E-state index in [1.807, 2.05) is 0 Å². The van der Waals surface area contributed by atoms with Crippen LogP contribution in [0.15, 0.2) is 48.5 Å². The number of hydrogen-bond acceptors (Lipinski definition) is 8. The van der Waals surface area contributed by atoms with Crippen LogP contribution >= 0.6 is 0 Å². The van der Waals surface area contributed by atoms with Crippen LogP contribution in [0.3, 0.4) is 0 Å². The lowest BCUT2D eigenvalue weighted by Crippen LogP contribution is -2.50. The number of aliphatic hydroxyl groups is 1. The van der Waals surface area contributed by atoms with Crippen molar-refractivity contribution in [3.63, 3.8) is 0 Å². The number of alkyl halides is 6. The van der Waals surface area contributed by atoms with Crippen LogP contribution in [0.25, 0.3) is 0 Å². The highest BCUT2D eigenvalue weighted by Gasteiger charge is 2.37. The highest BCUT2D eigenvalue weighted by atomic mass is 19.4. The van der Waals surface area contributed by atoms with E-state index < -0.39 is 41.5 Å². The molecule has 3 saturated heterocycles. The minimum atomic E-state index is -4.44. The molecule has 3 amide bonds. The second kappa shape index (κ2) is 16.7. The summed E-state index contributed by atoms with van der Waals surface area (Å²) in [6.07, 6.45) is -8.02. The molecule has 3 heterocycles. The summed E-state index contributed by atoms with van der Waals surface area (Å²) < 4.78 is 82.3. The Morgan fingerprint density at radius 3 is 1.82 bits per heavy atom. The lowest BCUT2D eigenvalue weighted by Gasteiger charge is -2.31. The minimum absolute atomic E-state index is 0.0822. The molecule has 2 aromatic carbocycles. The fourth-order valence-electron chi connectivity index (χ4n) is 6.21. The third-order valence-electron chi connectivity index (χ3n) is 8.92. The Hall–Kier alpha value is -4.54. The lowest BCUT2D eigenvalue weighted by molar-refractivity contribution is -0.147. The Balaban J connectivity index is 0.000000230. The summed E-state index contributed by atoms with van der Waals surface area (Å²) in [6.45, 7) is 1.79. The topological polar surface area (TPSA) is 114 Å². The van der Waals surface area contributed by atoms with Gasteiger partial charge in [-0.1, -0.05) is 12.1 Å². The van der Waals surface area contributed by atoms with Crippen molar-refractivity contribution in [2.24, 2.45) is 0 Å². The lowest BCUT2D eigenvalue weighted by atomic mass is 10.1. The van der Waals surface area contributed by atoms with E-state index in [9.17, 15) is 50.6 Å². The van der Waals surface area contributed by atoms with Gasteiger partial charge < -0.3 is 34.3 Å². The number of likely N-dealkylation sites (N-methyl/N-ethyl adjacent to an activating group) is 1. The van der Waals surface area contributed by atoms with Gasteiger partial charge in [0.2, 0.25) is 17.7 Å². The molecular weight excluding hydrogens is 688 g/mol. The average molecular weight is 730 g/mol. The predicted octanol–water partition coefficient (Wildman–Crippen LogP) is 3.64. The van der Waals surface area contributed by atoms with E-state index in [2.05, 4.69) is 0 Å². The van der Waals surface area contributed by atoms with E-state index in [0.29, 0.717) is 44.0 Å². The van der Waals surface area contributed by atoms with Crippen molar-refractivity contribution in [3.8, 4) is 0 Å². The Morgan fingerprint density at radius 2 is 1.35 bits per heavy atom. The standard InChI is InChI=1S/C18H24F3N3O3.C16H17F3N2O3/c1-22(2)17(27)15(7-11-25)24-10-9-23(8-6-16(24)26)14-5-3-4-13(12-14)18(19,20)21;17-16(18,19)11-2-1-3-12(10-11)20-6-4-14(22)21(8-7-20)13-5-9-24-15(13)23/h3-5,12,15,25H,6-11H2,1-2H3;1-3,10,13H,4-9H2. The molecule has 0 aromatic heterocycles. The number of ether oxygens (including phenoxy) is 1. The zero-order valence-electron chi connectivity index (χ0n) is 28.3. The van der Waals surface area contributed by atoms with E-state index >= 15 is 0 Å². The molecule has 0 aliphatic carbocycles. The maximum Gasteiger partial charge on any atom is 0.416 e. The molecule has 11 nitrogen and oxygen atoms in total. The molecule has 2 atom stereocenters. The molecule has 2 unspecified atom stereocenters. The summed E-state index contributed by atoms with van der Waals surface area (Å²) in [5, 5.41) is 9.27. The first-order chi connectivity index (χ1) is 24.0. The van der Waals surface area contributed by atoms with Gasteiger partial charge in [-0.3, -0.25) is 14.4 Å². The van der Waals surface area contributed by atoms with Gasteiger partial charge in [0.25, 0.3) is 0 Å². The monoisotopic (exact) mass is 729 g/mol. The maximum atomic E-state index is 12.9. The third kappa shape index (κ3) is 10.0. The van der Waals surface area contributed by atoms with Gasteiger partial charge in [0, 0.05) is 90.6 Å². The molecule has 5 rings (SSSR count). The van der Waals surface area contributed by atoms with E-state index in [-0.39, 0.29) is 63.2 Å². The number of anilines is 2. The zero-order chi connectivity index (χ0) is 37.5. The first kappa shape index (κ1) is 39.2. The molecule has 0 radical (unpaired) electrons. The largest absolute Gasteiger partial charge is 0.464 e. The Labute approximate surface area is 291 Å². The van der Waals surface area contributed by atoms with Crippen molar-refractivity contribution in [2.45, 2.75) is 50.1 Å². The van der Waals surface area contributed by atoms with Crippen molar-refractivity contribution in [1.82, 2.24) is 14.7 Å². The van der Waals surface area contributed by atoms with Gasteiger partial charge in [0.1, 0.15) is 12.1 Å². The first-order valence-corrected chi connectivity index (χ1v) is 16.4. The first-order valence-electron chi connectivity index (χ1n) is 16.4. The molecule has 0 saturated carbocycles. The number of carbonyl (C=O) groups is 4. The van der Waals surface area contributed by atoms with Crippen molar-refractivity contribution >= 4 is 35.1 Å². The summed E-state index contributed by atoms with van der Waals surface area (Å²) in [6, 6.07) is 8.70. The van der Waals surface area contributed by atoms with Crippen LogP contribution in [0.2, 0.25) is 0 Å².